The van der Waals surface area contributed by atoms with E-state index in [1.54, 1.807) is 18.0 Å². The fraction of sp³-hybridized carbons (Fsp3) is 0.333. The van der Waals surface area contributed by atoms with Gasteiger partial charge in [0.15, 0.2) is 10.9 Å². The third kappa shape index (κ3) is 4.79. The zero-order chi connectivity index (χ0) is 23.5. The fourth-order valence-electron chi connectivity index (χ4n) is 3.89. The highest BCUT2D eigenvalue weighted by atomic mass is 32.2. The van der Waals surface area contributed by atoms with E-state index in [9.17, 15) is 4.79 Å². The van der Waals surface area contributed by atoms with Crippen LogP contribution in [0.3, 0.4) is 0 Å². The van der Waals surface area contributed by atoms with Gasteiger partial charge < -0.3 is 14.2 Å². The summed E-state index contributed by atoms with van der Waals surface area (Å²) >= 11 is 3.05. The van der Waals surface area contributed by atoms with Gasteiger partial charge in [0.1, 0.15) is 10.7 Å². The van der Waals surface area contributed by atoms with E-state index in [2.05, 4.69) is 46.1 Å². The van der Waals surface area contributed by atoms with Crippen molar-refractivity contribution in [1.82, 2.24) is 29.5 Å². The maximum atomic E-state index is 12.9. The molecule has 4 heterocycles. The average molecular weight is 495 g/mol. The van der Waals surface area contributed by atoms with Crippen molar-refractivity contribution in [1.29, 1.82) is 0 Å². The van der Waals surface area contributed by atoms with Gasteiger partial charge in [0.25, 0.3) is 5.91 Å². The molecule has 1 aliphatic heterocycles. The van der Waals surface area contributed by atoms with Crippen LogP contribution in [0, 0.1) is 6.92 Å². The van der Waals surface area contributed by atoms with Gasteiger partial charge in [0.2, 0.25) is 5.82 Å². The SMILES string of the molecule is CCN1CCN(C(=O)c2csc(CSc3nnc(-c4ccco4)n3-c3ccc(C)cc3)n2)CC1. The van der Waals surface area contributed by atoms with Gasteiger partial charge in [-0.15, -0.1) is 21.5 Å². The molecule has 4 aromatic rings. The van der Waals surface area contributed by atoms with Crippen LogP contribution in [-0.2, 0) is 5.75 Å². The molecule has 3 aromatic heterocycles. The third-order valence-corrected chi connectivity index (χ3v) is 7.84. The number of hydrogen-bond acceptors (Lipinski definition) is 8. The molecule has 0 bridgehead atoms. The maximum absolute atomic E-state index is 12.9. The Bertz CT molecular complexity index is 1240. The number of hydrogen-bond donors (Lipinski definition) is 0. The van der Waals surface area contributed by atoms with Crippen molar-refractivity contribution in [3.63, 3.8) is 0 Å². The molecule has 1 fully saturated rings. The standard InChI is InChI=1S/C24H26N6O2S2/c1-3-28-10-12-29(13-11-28)23(31)19-15-33-21(25-19)16-34-24-27-26-22(20-5-4-14-32-20)30(24)18-8-6-17(2)7-9-18/h4-9,14-15H,3,10-13,16H2,1-2H3. The maximum Gasteiger partial charge on any atom is 0.273 e. The van der Waals surface area contributed by atoms with E-state index in [1.807, 2.05) is 39.1 Å². The predicted octanol–water partition coefficient (Wildman–Crippen LogP) is 4.36. The summed E-state index contributed by atoms with van der Waals surface area (Å²) in [4.78, 5) is 21.8. The average Bonchev–Trinajstić information content (AvgIpc) is 3.63. The van der Waals surface area contributed by atoms with Crippen LogP contribution in [0.5, 0.6) is 0 Å². The van der Waals surface area contributed by atoms with Crippen LogP contribution in [-0.4, -0.2) is 68.2 Å². The van der Waals surface area contributed by atoms with Crippen LogP contribution < -0.4 is 0 Å². The second kappa shape index (κ2) is 10.1. The minimum absolute atomic E-state index is 0.0196. The number of amides is 1. The molecule has 0 N–H and O–H groups in total. The van der Waals surface area contributed by atoms with Crippen LogP contribution in [0.15, 0.2) is 57.6 Å². The highest BCUT2D eigenvalue weighted by molar-refractivity contribution is 7.98. The first-order valence-electron chi connectivity index (χ1n) is 11.3. The Hall–Kier alpha value is -2.95. The summed E-state index contributed by atoms with van der Waals surface area (Å²) in [5, 5.41) is 12.3. The zero-order valence-corrected chi connectivity index (χ0v) is 20.8. The molecule has 1 aromatic carbocycles. The molecular formula is C24H26N6O2S2. The molecule has 1 saturated heterocycles. The molecule has 34 heavy (non-hydrogen) atoms. The number of rotatable bonds is 7. The molecule has 1 amide bonds. The van der Waals surface area contributed by atoms with Crippen molar-refractivity contribution in [2.75, 3.05) is 32.7 Å². The molecule has 0 aliphatic carbocycles. The fourth-order valence-corrected chi connectivity index (χ4v) is 5.62. The minimum atomic E-state index is 0.0196. The number of benzene rings is 1. The lowest BCUT2D eigenvalue weighted by atomic mass is 10.2. The van der Waals surface area contributed by atoms with Gasteiger partial charge in [-0.25, -0.2) is 4.98 Å². The number of aryl methyl sites for hydroxylation is 1. The summed E-state index contributed by atoms with van der Waals surface area (Å²) in [6.45, 7) is 8.58. The van der Waals surface area contributed by atoms with E-state index < -0.39 is 0 Å². The summed E-state index contributed by atoms with van der Waals surface area (Å²) in [5.74, 6) is 1.93. The second-order valence-corrected chi connectivity index (χ2v) is 9.98. The van der Waals surface area contributed by atoms with Crippen molar-refractivity contribution < 1.29 is 9.21 Å². The van der Waals surface area contributed by atoms with Gasteiger partial charge in [-0.05, 0) is 37.7 Å². The third-order valence-electron chi connectivity index (χ3n) is 5.87. The quantitative estimate of drug-likeness (QED) is 0.353. The van der Waals surface area contributed by atoms with Gasteiger partial charge >= 0.3 is 0 Å². The van der Waals surface area contributed by atoms with E-state index in [-0.39, 0.29) is 5.91 Å². The molecule has 10 heteroatoms. The number of nitrogens with zero attached hydrogens (tertiary/aromatic N) is 6. The van der Waals surface area contributed by atoms with Crippen molar-refractivity contribution in [2.24, 2.45) is 0 Å². The highest BCUT2D eigenvalue weighted by Gasteiger charge is 2.24. The largest absolute Gasteiger partial charge is 0.461 e. The summed E-state index contributed by atoms with van der Waals surface area (Å²) in [6, 6.07) is 11.9. The van der Waals surface area contributed by atoms with Crippen molar-refractivity contribution in [3.05, 3.63) is 64.3 Å². The van der Waals surface area contributed by atoms with E-state index in [1.165, 1.54) is 16.9 Å². The van der Waals surface area contributed by atoms with Crippen molar-refractivity contribution in [3.8, 4) is 17.3 Å². The second-order valence-electron chi connectivity index (χ2n) is 8.10. The van der Waals surface area contributed by atoms with Crippen LogP contribution in [0.25, 0.3) is 17.3 Å². The Balaban J connectivity index is 1.32. The number of thiazole rings is 1. The number of thioether (sulfide) groups is 1. The number of carbonyl (C=O) groups is 1. The summed E-state index contributed by atoms with van der Waals surface area (Å²) in [6.07, 6.45) is 1.63. The van der Waals surface area contributed by atoms with Gasteiger partial charge in [0, 0.05) is 37.2 Å². The molecule has 5 rings (SSSR count). The van der Waals surface area contributed by atoms with Gasteiger partial charge in [0.05, 0.1) is 12.0 Å². The predicted molar refractivity (Wildman–Crippen MR) is 133 cm³/mol. The van der Waals surface area contributed by atoms with Gasteiger partial charge in [-0.3, -0.25) is 9.36 Å². The van der Waals surface area contributed by atoms with Crippen LogP contribution in [0.1, 0.15) is 28.0 Å². The van der Waals surface area contributed by atoms with Crippen molar-refractivity contribution in [2.45, 2.75) is 24.8 Å². The number of furan rings is 1. The Morgan fingerprint density at radius 1 is 1.12 bits per heavy atom. The first-order chi connectivity index (χ1) is 16.6. The molecule has 8 nitrogen and oxygen atoms in total. The van der Waals surface area contributed by atoms with Crippen molar-refractivity contribution >= 4 is 29.0 Å². The Morgan fingerprint density at radius 2 is 1.91 bits per heavy atom. The summed E-state index contributed by atoms with van der Waals surface area (Å²) in [7, 11) is 0. The van der Waals surface area contributed by atoms with E-state index >= 15 is 0 Å². The molecule has 176 valence electrons. The van der Waals surface area contributed by atoms with E-state index in [0.29, 0.717) is 23.0 Å². The number of aromatic nitrogens is 4. The van der Waals surface area contributed by atoms with Crippen LogP contribution >= 0.6 is 23.1 Å². The molecule has 0 spiro atoms. The first-order valence-corrected chi connectivity index (χ1v) is 13.1. The van der Waals surface area contributed by atoms with Gasteiger partial charge in [-0.2, -0.15) is 0 Å². The number of piperazine rings is 1. The molecule has 1 aliphatic rings. The van der Waals surface area contributed by atoms with Crippen LogP contribution in [0.4, 0.5) is 0 Å². The molecule has 0 atom stereocenters. The number of carbonyl (C=O) groups excluding carboxylic acids is 1. The summed E-state index contributed by atoms with van der Waals surface area (Å²) < 4.78 is 7.59. The number of likely N-dealkylation sites (N-methyl/N-ethyl adjacent to an activating group) is 1. The van der Waals surface area contributed by atoms with E-state index in [0.717, 1.165) is 48.6 Å². The highest BCUT2D eigenvalue weighted by Crippen LogP contribution is 2.31. The molecule has 0 saturated carbocycles. The van der Waals surface area contributed by atoms with E-state index in [4.69, 9.17) is 4.42 Å². The smallest absolute Gasteiger partial charge is 0.273 e. The molecule has 0 unspecified atom stereocenters. The van der Waals surface area contributed by atoms with Crippen LogP contribution in [0.2, 0.25) is 0 Å². The first kappa shape index (κ1) is 22.8. The van der Waals surface area contributed by atoms with Gasteiger partial charge in [-0.1, -0.05) is 36.4 Å². The summed E-state index contributed by atoms with van der Waals surface area (Å²) in [5.41, 5.74) is 2.68. The lowest BCUT2D eigenvalue weighted by Gasteiger charge is -2.33. The minimum Gasteiger partial charge on any atom is -0.461 e. The zero-order valence-electron chi connectivity index (χ0n) is 19.2. The Kier molecular flexibility index (Phi) is 6.80. The Labute approximate surface area is 206 Å². The monoisotopic (exact) mass is 494 g/mol. The topological polar surface area (TPSA) is 80.3 Å². The lowest BCUT2D eigenvalue weighted by molar-refractivity contribution is 0.0638. The molecular weight excluding hydrogens is 468 g/mol. The Morgan fingerprint density at radius 3 is 2.62 bits per heavy atom. The molecule has 0 radical (unpaired) electrons. The lowest BCUT2D eigenvalue weighted by Crippen LogP contribution is -2.48. The normalized spacial score (nSPS) is 14.6.